The molecule has 5 rings (SSSR count). The van der Waals surface area contributed by atoms with Gasteiger partial charge < -0.3 is 15.0 Å². The number of nitrogens with zero attached hydrogens (tertiary/aromatic N) is 3. The van der Waals surface area contributed by atoms with E-state index in [1.54, 1.807) is 4.57 Å². The van der Waals surface area contributed by atoms with E-state index in [1.165, 1.54) is 11.3 Å². The summed E-state index contributed by atoms with van der Waals surface area (Å²) in [5.74, 6) is 0.629. The molecule has 2 aliphatic heterocycles. The number of aromatic nitrogens is 2. The first-order valence-corrected chi connectivity index (χ1v) is 10.7. The van der Waals surface area contributed by atoms with Crippen molar-refractivity contribution in [2.24, 2.45) is 0 Å². The molecule has 0 spiro atoms. The van der Waals surface area contributed by atoms with E-state index in [9.17, 15) is 9.59 Å². The van der Waals surface area contributed by atoms with Crippen molar-refractivity contribution >= 4 is 38.8 Å². The average Bonchev–Trinajstić information content (AvgIpc) is 3.34. The Balaban J connectivity index is 1.49. The molecule has 2 aromatic heterocycles. The monoisotopic (exact) mass is 410 g/mol. The number of para-hydroxylation sites is 2. The van der Waals surface area contributed by atoms with Crippen LogP contribution in [0.15, 0.2) is 29.1 Å². The lowest BCUT2D eigenvalue weighted by Gasteiger charge is -2.30. The van der Waals surface area contributed by atoms with Gasteiger partial charge in [0.2, 0.25) is 0 Å². The van der Waals surface area contributed by atoms with Crippen molar-refractivity contribution in [3.8, 4) is 0 Å². The number of nitrogens with one attached hydrogen (secondary N) is 1. The third kappa shape index (κ3) is 3.12. The number of ether oxygens (including phenoxy) is 1. The van der Waals surface area contributed by atoms with Crippen LogP contribution in [0.5, 0.6) is 0 Å². The standard InChI is InChI=1S/C21H22N4O3S/c1-13-17-20(23-16-7-4-8-25(16)21(17)27)29-18(13)19(26)22-14-5-2-3-6-15(14)24-9-11-28-12-10-24/h2-3,5-6H,4,7-12H2,1H3,(H,22,26). The summed E-state index contributed by atoms with van der Waals surface area (Å²) in [6.07, 6.45) is 1.76. The smallest absolute Gasteiger partial charge is 0.266 e. The van der Waals surface area contributed by atoms with Gasteiger partial charge in [0, 0.05) is 26.1 Å². The van der Waals surface area contributed by atoms with Crippen molar-refractivity contribution < 1.29 is 9.53 Å². The van der Waals surface area contributed by atoms with Gasteiger partial charge in [-0.3, -0.25) is 14.2 Å². The third-order valence-corrected chi connectivity index (χ3v) is 6.81. The minimum atomic E-state index is -0.198. The first-order valence-electron chi connectivity index (χ1n) is 9.89. The predicted octanol–water partition coefficient (Wildman–Crippen LogP) is 2.80. The summed E-state index contributed by atoms with van der Waals surface area (Å²) in [5.41, 5.74) is 2.44. The molecule has 0 saturated carbocycles. The largest absolute Gasteiger partial charge is 0.378 e. The van der Waals surface area contributed by atoms with Crippen molar-refractivity contribution in [1.82, 2.24) is 9.55 Å². The van der Waals surface area contributed by atoms with E-state index in [4.69, 9.17) is 4.74 Å². The van der Waals surface area contributed by atoms with E-state index in [2.05, 4.69) is 15.2 Å². The molecule has 150 valence electrons. The molecule has 1 saturated heterocycles. The van der Waals surface area contributed by atoms with Crippen molar-refractivity contribution in [2.45, 2.75) is 26.3 Å². The second-order valence-electron chi connectivity index (χ2n) is 7.40. The number of carbonyl (C=O) groups is 1. The maximum Gasteiger partial charge on any atom is 0.266 e. The van der Waals surface area contributed by atoms with Crippen LogP contribution in [-0.4, -0.2) is 41.8 Å². The molecule has 1 amide bonds. The summed E-state index contributed by atoms with van der Waals surface area (Å²) in [6.45, 7) is 5.49. The number of fused-ring (bicyclic) bond motifs is 2. The van der Waals surface area contributed by atoms with Crippen LogP contribution < -0.4 is 15.8 Å². The van der Waals surface area contributed by atoms with E-state index in [0.29, 0.717) is 40.4 Å². The second kappa shape index (κ2) is 7.27. The first kappa shape index (κ1) is 18.3. The van der Waals surface area contributed by atoms with Gasteiger partial charge in [-0.05, 0) is 31.0 Å². The molecule has 0 bridgehead atoms. The van der Waals surface area contributed by atoms with Gasteiger partial charge in [-0.2, -0.15) is 0 Å². The highest BCUT2D eigenvalue weighted by Crippen LogP contribution is 2.31. The molecule has 3 aromatic rings. The number of thiophene rings is 1. The Morgan fingerprint density at radius 1 is 1.21 bits per heavy atom. The number of anilines is 2. The second-order valence-corrected chi connectivity index (χ2v) is 8.39. The topological polar surface area (TPSA) is 76.5 Å². The van der Waals surface area contributed by atoms with Gasteiger partial charge in [0.25, 0.3) is 11.5 Å². The van der Waals surface area contributed by atoms with Gasteiger partial charge in [-0.1, -0.05) is 12.1 Å². The highest BCUT2D eigenvalue weighted by molar-refractivity contribution is 7.20. The summed E-state index contributed by atoms with van der Waals surface area (Å²) in [4.78, 5) is 34.1. The van der Waals surface area contributed by atoms with Crippen LogP contribution >= 0.6 is 11.3 Å². The molecule has 8 heteroatoms. The van der Waals surface area contributed by atoms with Gasteiger partial charge in [0.05, 0.1) is 34.9 Å². The van der Waals surface area contributed by atoms with E-state index >= 15 is 0 Å². The van der Waals surface area contributed by atoms with Crippen LogP contribution in [0.1, 0.15) is 27.5 Å². The maximum atomic E-state index is 13.1. The summed E-state index contributed by atoms with van der Waals surface area (Å²) in [7, 11) is 0. The average molecular weight is 410 g/mol. The molecule has 0 aliphatic carbocycles. The Labute approximate surface area is 171 Å². The molecule has 1 fully saturated rings. The zero-order valence-electron chi connectivity index (χ0n) is 16.2. The molecule has 0 radical (unpaired) electrons. The zero-order valence-corrected chi connectivity index (χ0v) is 17.1. The summed E-state index contributed by atoms with van der Waals surface area (Å²) in [6, 6.07) is 7.80. The van der Waals surface area contributed by atoms with Crippen molar-refractivity contribution in [3.63, 3.8) is 0 Å². The van der Waals surface area contributed by atoms with E-state index in [-0.39, 0.29) is 11.5 Å². The normalized spacial score (nSPS) is 16.2. The molecule has 7 nitrogen and oxygen atoms in total. The minimum absolute atomic E-state index is 0.0241. The highest BCUT2D eigenvalue weighted by atomic mass is 32.1. The maximum absolute atomic E-state index is 13.1. The quantitative estimate of drug-likeness (QED) is 0.719. The molecule has 0 unspecified atom stereocenters. The van der Waals surface area contributed by atoms with Crippen LogP contribution in [-0.2, 0) is 17.7 Å². The number of aryl methyl sites for hydroxylation is 2. The number of benzene rings is 1. The summed E-state index contributed by atoms with van der Waals surface area (Å²) >= 11 is 1.30. The van der Waals surface area contributed by atoms with Crippen molar-refractivity contribution in [3.05, 3.63) is 50.9 Å². The number of hydrogen-bond acceptors (Lipinski definition) is 6. The Morgan fingerprint density at radius 2 is 2.00 bits per heavy atom. The van der Waals surface area contributed by atoms with Gasteiger partial charge in [-0.25, -0.2) is 4.98 Å². The fourth-order valence-electron chi connectivity index (χ4n) is 4.13. The van der Waals surface area contributed by atoms with Crippen LogP contribution in [0.4, 0.5) is 11.4 Å². The number of amides is 1. The van der Waals surface area contributed by atoms with E-state index in [1.807, 2.05) is 31.2 Å². The predicted molar refractivity (Wildman–Crippen MR) is 114 cm³/mol. The van der Waals surface area contributed by atoms with Crippen molar-refractivity contribution in [1.29, 1.82) is 0 Å². The number of rotatable bonds is 3. The van der Waals surface area contributed by atoms with Crippen LogP contribution in [0.3, 0.4) is 0 Å². The Morgan fingerprint density at radius 3 is 2.83 bits per heavy atom. The number of morpholine rings is 1. The molecule has 4 heterocycles. The lowest BCUT2D eigenvalue weighted by molar-refractivity contribution is 0.103. The Kier molecular flexibility index (Phi) is 4.60. The molecular weight excluding hydrogens is 388 g/mol. The van der Waals surface area contributed by atoms with Gasteiger partial charge in [0.1, 0.15) is 10.7 Å². The Hall–Kier alpha value is -2.71. The van der Waals surface area contributed by atoms with Gasteiger partial charge in [-0.15, -0.1) is 11.3 Å². The van der Waals surface area contributed by atoms with E-state index < -0.39 is 0 Å². The molecule has 0 atom stereocenters. The molecule has 29 heavy (non-hydrogen) atoms. The number of carbonyl (C=O) groups excluding carboxylic acids is 1. The fraction of sp³-hybridized carbons (Fsp3) is 0.381. The molecule has 1 N–H and O–H groups in total. The minimum Gasteiger partial charge on any atom is -0.378 e. The van der Waals surface area contributed by atoms with Crippen LogP contribution in [0.2, 0.25) is 0 Å². The van der Waals surface area contributed by atoms with E-state index in [0.717, 1.165) is 43.1 Å². The SMILES string of the molecule is Cc1c(C(=O)Nc2ccccc2N2CCOCC2)sc2nc3n(c(=O)c12)CCC3. The van der Waals surface area contributed by atoms with Gasteiger partial charge in [0.15, 0.2) is 0 Å². The third-order valence-electron chi connectivity index (χ3n) is 5.62. The van der Waals surface area contributed by atoms with Gasteiger partial charge >= 0.3 is 0 Å². The highest BCUT2D eigenvalue weighted by Gasteiger charge is 2.24. The lowest BCUT2D eigenvalue weighted by Crippen LogP contribution is -2.36. The first-order chi connectivity index (χ1) is 14.1. The van der Waals surface area contributed by atoms with Crippen LogP contribution in [0.25, 0.3) is 10.2 Å². The summed E-state index contributed by atoms with van der Waals surface area (Å²) < 4.78 is 7.19. The van der Waals surface area contributed by atoms with Crippen LogP contribution in [0, 0.1) is 6.92 Å². The molecule has 2 aliphatic rings. The Bertz CT molecular complexity index is 1160. The summed E-state index contributed by atoms with van der Waals surface area (Å²) in [5, 5.41) is 3.63. The van der Waals surface area contributed by atoms with Crippen molar-refractivity contribution in [2.75, 3.05) is 36.5 Å². The molecule has 1 aromatic carbocycles. The zero-order chi connectivity index (χ0) is 20.0. The lowest BCUT2D eigenvalue weighted by atomic mass is 10.2. The number of hydrogen-bond donors (Lipinski definition) is 1. The fourth-order valence-corrected chi connectivity index (χ4v) is 5.22. The molecular formula is C21H22N4O3S.